The fraction of sp³-hybridized carbons (Fsp3) is 0.364. The van der Waals surface area contributed by atoms with Gasteiger partial charge in [-0.2, -0.15) is 0 Å². The molecule has 0 bridgehead atoms. The van der Waals surface area contributed by atoms with E-state index >= 15 is 0 Å². The fourth-order valence-electron chi connectivity index (χ4n) is 1.40. The Bertz CT molecular complexity index is 365. The molecule has 0 radical (unpaired) electrons. The van der Waals surface area contributed by atoms with Crippen molar-refractivity contribution in [1.29, 1.82) is 0 Å². The van der Waals surface area contributed by atoms with Crippen molar-refractivity contribution in [3.63, 3.8) is 0 Å². The van der Waals surface area contributed by atoms with Gasteiger partial charge in [-0.15, -0.1) is 0 Å². The summed E-state index contributed by atoms with van der Waals surface area (Å²) in [6.07, 6.45) is 0. The molecule has 4 heteroatoms. The molecule has 0 aromatic heterocycles. The lowest BCUT2D eigenvalue weighted by molar-refractivity contribution is 0.258. The number of hydrogen-bond donors (Lipinski definition) is 2. The molecule has 82 valence electrons. The Morgan fingerprint density at radius 3 is 2.60 bits per heavy atom. The molecule has 0 aliphatic rings. The van der Waals surface area contributed by atoms with Gasteiger partial charge in [-0.25, -0.2) is 0 Å². The predicted octanol–water partition coefficient (Wildman–Crippen LogP) is 3.37. The molecule has 0 fully saturated rings. The number of nitrogens with one attached hydrogen (secondary N) is 1. The molecule has 0 saturated carbocycles. The second-order valence-electron chi connectivity index (χ2n) is 4.02. The molecule has 0 aliphatic carbocycles. The molecule has 1 N–H and O–H groups in total. The highest BCUT2D eigenvalue weighted by Crippen LogP contribution is 2.29. The molecule has 1 aromatic rings. The van der Waals surface area contributed by atoms with Gasteiger partial charge in [0, 0.05) is 16.4 Å². The molecule has 1 amide bonds. The molecule has 2 nitrogen and oxygen atoms in total. The Morgan fingerprint density at radius 2 is 2.07 bits per heavy atom. The minimum absolute atomic E-state index is 0.113. The fourth-order valence-corrected chi connectivity index (χ4v) is 2.30. The summed E-state index contributed by atoms with van der Waals surface area (Å²) in [5.74, 6) is 0. The van der Waals surface area contributed by atoms with Crippen molar-refractivity contribution >= 4 is 33.8 Å². The maximum Gasteiger partial charge on any atom is 0.276 e. The monoisotopic (exact) mass is 287 g/mol. The Hall–Kier alpha value is -0.480. The topological polar surface area (TPSA) is 29.1 Å². The van der Waals surface area contributed by atoms with Crippen LogP contribution in [0.3, 0.4) is 0 Å². The van der Waals surface area contributed by atoms with Gasteiger partial charge in [0.25, 0.3) is 5.24 Å². The summed E-state index contributed by atoms with van der Waals surface area (Å²) in [5, 5.41) is 2.42. The van der Waals surface area contributed by atoms with E-state index in [1.54, 1.807) is 0 Å². The first kappa shape index (κ1) is 12.6. The van der Waals surface area contributed by atoms with Crippen LogP contribution in [-0.2, 0) is 5.41 Å². The third kappa shape index (κ3) is 3.54. The minimum Gasteiger partial charge on any atom is -0.346 e. The highest BCUT2D eigenvalue weighted by atomic mass is 79.9. The van der Waals surface area contributed by atoms with Crippen molar-refractivity contribution in [1.82, 2.24) is 5.32 Å². The van der Waals surface area contributed by atoms with Crippen molar-refractivity contribution in [3.8, 4) is 0 Å². The van der Waals surface area contributed by atoms with Crippen LogP contribution in [0, 0.1) is 0 Å². The van der Waals surface area contributed by atoms with Crippen LogP contribution in [0.2, 0.25) is 0 Å². The number of carbonyl (C=O) groups is 1. The Balaban J connectivity index is 2.85. The number of amides is 1. The van der Waals surface area contributed by atoms with Crippen LogP contribution < -0.4 is 5.32 Å². The summed E-state index contributed by atoms with van der Waals surface area (Å²) in [6.45, 7) is 4.73. The van der Waals surface area contributed by atoms with Crippen molar-refractivity contribution in [3.05, 3.63) is 34.3 Å². The van der Waals surface area contributed by atoms with E-state index in [2.05, 4.69) is 53.8 Å². The molecular weight excluding hydrogens is 274 g/mol. The maximum atomic E-state index is 10.7. The molecule has 0 spiro atoms. The molecule has 1 rings (SSSR count). The lowest BCUT2D eigenvalue weighted by atomic mass is 9.85. The van der Waals surface area contributed by atoms with Gasteiger partial charge in [0.2, 0.25) is 0 Å². The maximum absolute atomic E-state index is 10.7. The third-order valence-electron chi connectivity index (χ3n) is 2.28. The molecule has 0 atom stereocenters. The smallest absolute Gasteiger partial charge is 0.276 e. The Labute approximate surface area is 104 Å². The van der Waals surface area contributed by atoms with Gasteiger partial charge in [0.05, 0.1) is 0 Å². The van der Waals surface area contributed by atoms with Gasteiger partial charge in [-0.1, -0.05) is 60.6 Å². The molecule has 1 aromatic carbocycles. The largest absolute Gasteiger partial charge is 0.346 e. The number of halogens is 1. The van der Waals surface area contributed by atoms with Crippen LogP contribution in [0.25, 0.3) is 0 Å². The zero-order chi connectivity index (χ0) is 11.5. The summed E-state index contributed by atoms with van der Waals surface area (Å²) in [5.41, 5.74) is 1.06. The Kier molecular flexibility index (Phi) is 4.22. The second-order valence-corrected chi connectivity index (χ2v) is 5.28. The zero-order valence-electron chi connectivity index (χ0n) is 8.75. The molecule has 0 heterocycles. The number of benzene rings is 1. The van der Waals surface area contributed by atoms with Gasteiger partial charge in [0.1, 0.15) is 0 Å². The molecule has 0 unspecified atom stereocenters. The second kappa shape index (κ2) is 5.03. The van der Waals surface area contributed by atoms with E-state index < -0.39 is 0 Å². The highest BCUT2D eigenvalue weighted by Gasteiger charge is 2.22. The Morgan fingerprint density at radius 1 is 1.47 bits per heavy atom. The molecular formula is C11H14BrNOS. The standard InChI is InChI=1S/C11H14BrNOS/c1-11(2,7-13-10(14)15)8-5-3-4-6-9(8)12/h3-6H,7H2,1-2H3,(H2,13,14,15). The first-order valence-corrected chi connectivity index (χ1v) is 5.89. The van der Waals surface area contributed by atoms with Crippen LogP contribution in [-0.4, -0.2) is 11.8 Å². The third-order valence-corrected chi connectivity index (χ3v) is 3.13. The van der Waals surface area contributed by atoms with Gasteiger partial charge in [-0.05, 0) is 11.6 Å². The van der Waals surface area contributed by atoms with E-state index in [0.717, 1.165) is 4.47 Å². The highest BCUT2D eigenvalue weighted by molar-refractivity contribution is 9.10. The van der Waals surface area contributed by atoms with Gasteiger partial charge in [0.15, 0.2) is 0 Å². The van der Waals surface area contributed by atoms with Gasteiger partial charge in [-0.3, -0.25) is 4.79 Å². The van der Waals surface area contributed by atoms with Crippen LogP contribution in [0.5, 0.6) is 0 Å². The van der Waals surface area contributed by atoms with Crippen molar-refractivity contribution in [2.45, 2.75) is 19.3 Å². The first-order chi connectivity index (χ1) is 6.93. The number of rotatable bonds is 3. The number of hydrogen-bond acceptors (Lipinski definition) is 1. The van der Waals surface area contributed by atoms with Crippen molar-refractivity contribution < 1.29 is 4.79 Å². The summed E-state index contributed by atoms with van der Waals surface area (Å²) in [7, 11) is 0. The summed E-state index contributed by atoms with van der Waals surface area (Å²) in [4.78, 5) is 10.7. The van der Waals surface area contributed by atoms with E-state index in [4.69, 9.17) is 0 Å². The van der Waals surface area contributed by atoms with E-state index in [1.807, 2.05) is 18.2 Å². The van der Waals surface area contributed by atoms with E-state index in [1.165, 1.54) is 5.56 Å². The van der Waals surface area contributed by atoms with E-state index in [-0.39, 0.29) is 10.7 Å². The number of carbonyl (C=O) groups excluding carboxylic acids is 1. The molecule has 0 aliphatic heterocycles. The normalized spacial score (nSPS) is 11.2. The quantitative estimate of drug-likeness (QED) is 0.820. The lowest BCUT2D eigenvalue weighted by Gasteiger charge is -2.26. The zero-order valence-corrected chi connectivity index (χ0v) is 11.2. The molecule has 15 heavy (non-hydrogen) atoms. The van der Waals surface area contributed by atoms with E-state index in [9.17, 15) is 4.79 Å². The average molecular weight is 288 g/mol. The summed E-state index contributed by atoms with van der Waals surface area (Å²) < 4.78 is 1.06. The van der Waals surface area contributed by atoms with Gasteiger partial charge >= 0.3 is 0 Å². The van der Waals surface area contributed by atoms with Crippen LogP contribution in [0.1, 0.15) is 19.4 Å². The summed E-state index contributed by atoms with van der Waals surface area (Å²) >= 11 is 7.19. The predicted molar refractivity (Wildman–Crippen MR) is 69.6 cm³/mol. The SMILES string of the molecule is CC(C)(CNC(=O)S)c1ccccc1Br. The number of thiol groups is 1. The van der Waals surface area contributed by atoms with Crippen molar-refractivity contribution in [2.24, 2.45) is 0 Å². The van der Waals surface area contributed by atoms with Crippen LogP contribution >= 0.6 is 28.6 Å². The molecule has 0 saturated heterocycles. The summed E-state index contributed by atoms with van der Waals surface area (Å²) in [6, 6.07) is 8.01. The lowest BCUT2D eigenvalue weighted by Crippen LogP contribution is -2.34. The van der Waals surface area contributed by atoms with Crippen LogP contribution in [0.15, 0.2) is 28.7 Å². The minimum atomic E-state index is -0.296. The average Bonchev–Trinajstić information content (AvgIpc) is 2.15. The van der Waals surface area contributed by atoms with Gasteiger partial charge < -0.3 is 5.32 Å². The van der Waals surface area contributed by atoms with Crippen molar-refractivity contribution in [2.75, 3.05) is 6.54 Å². The van der Waals surface area contributed by atoms with Crippen LogP contribution in [0.4, 0.5) is 4.79 Å². The van der Waals surface area contributed by atoms with E-state index in [0.29, 0.717) is 6.54 Å². The first-order valence-electron chi connectivity index (χ1n) is 4.65.